The summed E-state index contributed by atoms with van der Waals surface area (Å²) in [7, 11) is 1.61. The highest BCUT2D eigenvalue weighted by atomic mass is 35.5. The number of rotatable bonds is 3. The Hall–Kier alpha value is -1.58. The third kappa shape index (κ3) is 2.57. The summed E-state index contributed by atoms with van der Waals surface area (Å²) in [6.07, 6.45) is 1.70. The summed E-state index contributed by atoms with van der Waals surface area (Å²) in [5.74, 6) is 0.690. The Morgan fingerprint density at radius 2 is 1.94 bits per heavy atom. The number of benzene rings is 1. The van der Waals surface area contributed by atoms with E-state index in [-0.39, 0.29) is 6.04 Å². The third-order valence-corrected chi connectivity index (χ3v) is 2.80. The van der Waals surface area contributed by atoms with E-state index in [2.05, 4.69) is 4.98 Å². The van der Waals surface area contributed by atoms with Gasteiger partial charge in [-0.3, -0.25) is 4.98 Å². The van der Waals surface area contributed by atoms with Crippen molar-refractivity contribution in [2.45, 2.75) is 6.04 Å². The molecular formula is C13H13ClN2O. The molecule has 17 heavy (non-hydrogen) atoms. The third-order valence-electron chi connectivity index (χ3n) is 2.54. The second kappa shape index (κ2) is 5.17. The van der Waals surface area contributed by atoms with Gasteiger partial charge in [0, 0.05) is 11.2 Å². The molecule has 0 spiro atoms. The van der Waals surface area contributed by atoms with Gasteiger partial charge in [-0.15, -0.1) is 0 Å². The van der Waals surface area contributed by atoms with Gasteiger partial charge >= 0.3 is 0 Å². The van der Waals surface area contributed by atoms with E-state index in [1.54, 1.807) is 13.3 Å². The zero-order chi connectivity index (χ0) is 12.3. The Bertz CT molecular complexity index is 499. The van der Waals surface area contributed by atoms with Crippen LogP contribution in [-0.4, -0.2) is 12.1 Å². The molecule has 0 bridgehead atoms. The van der Waals surface area contributed by atoms with E-state index >= 15 is 0 Å². The summed E-state index contributed by atoms with van der Waals surface area (Å²) in [5, 5.41) is 0.689. The average molecular weight is 249 g/mol. The molecule has 0 fully saturated rings. The number of halogens is 1. The van der Waals surface area contributed by atoms with E-state index in [9.17, 15) is 0 Å². The summed E-state index contributed by atoms with van der Waals surface area (Å²) in [6.45, 7) is 0. The number of hydrogen-bond acceptors (Lipinski definition) is 3. The molecule has 1 atom stereocenters. The van der Waals surface area contributed by atoms with Gasteiger partial charge in [0.15, 0.2) is 0 Å². The highest BCUT2D eigenvalue weighted by molar-refractivity contribution is 6.30. The molecule has 0 saturated carbocycles. The quantitative estimate of drug-likeness (QED) is 0.909. The average Bonchev–Trinajstić information content (AvgIpc) is 2.39. The maximum absolute atomic E-state index is 6.16. The summed E-state index contributed by atoms with van der Waals surface area (Å²) >= 11 is 5.84. The molecule has 0 aliphatic rings. The van der Waals surface area contributed by atoms with Crippen molar-refractivity contribution >= 4 is 11.6 Å². The minimum atomic E-state index is -0.316. The first kappa shape index (κ1) is 11.9. The SMILES string of the molecule is COc1cccnc1C(N)c1ccc(Cl)cc1. The first-order valence-corrected chi connectivity index (χ1v) is 5.60. The van der Waals surface area contributed by atoms with Crippen LogP contribution in [0, 0.1) is 0 Å². The van der Waals surface area contributed by atoms with Gasteiger partial charge in [-0.1, -0.05) is 23.7 Å². The number of pyridine rings is 1. The molecule has 0 amide bonds. The molecule has 88 valence electrons. The number of nitrogens with zero attached hydrogens (tertiary/aromatic N) is 1. The lowest BCUT2D eigenvalue weighted by molar-refractivity contribution is 0.404. The molecule has 3 nitrogen and oxygen atoms in total. The lowest BCUT2D eigenvalue weighted by Crippen LogP contribution is -2.14. The van der Waals surface area contributed by atoms with Crippen molar-refractivity contribution in [3.05, 3.63) is 58.9 Å². The Morgan fingerprint density at radius 3 is 2.59 bits per heavy atom. The van der Waals surface area contributed by atoms with Crippen LogP contribution in [0.25, 0.3) is 0 Å². The standard InChI is InChI=1S/C13H13ClN2O/c1-17-11-3-2-8-16-13(11)12(15)9-4-6-10(14)7-5-9/h2-8,12H,15H2,1H3. The first-order valence-electron chi connectivity index (χ1n) is 5.22. The number of nitrogens with two attached hydrogens (primary N) is 1. The van der Waals surface area contributed by atoms with Gasteiger partial charge < -0.3 is 10.5 Å². The minimum Gasteiger partial charge on any atom is -0.495 e. The van der Waals surface area contributed by atoms with Crippen LogP contribution in [0.2, 0.25) is 5.02 Å². The lowest BCUT2D eigenvalue weighted by atomic mass is 10.0. The van der Waals surface area contributed by atoms with Crippen LogP contribution >= 0.6 is 11.6 Å². The van der Waals surface area contributed by atoms with Gasteiger partial charge in [0.1, 0.15) is 11.4 Å². The second-order valence-electron chi connectivity index (χ2n) is 3.62. The van der Waals surface area contributed by atoms with Crippen molar-refractivity contribution in [1.29, 1.82) is 0 Å². The smallest absolute Gasteiger partial charge is 0.142 e. The summed E-state index contributed by atoms with van der Waals surface area (Å²) in [5.41, 5.74) is 7.83. The van der Waals surface area contributed by atoms with Crippen molar-refractivity contribution < 1.29 is 4.74 Å². The molecule has 0 aliphatic heterocycles. The maximum atomic E-state index is 6.16. The van der Waals surface area contributed by atoms with Crippen LogP contribution in [0.4, 0.5) is 0 Å². The van der Waals surface area contributed by atoms with Crippen molar-refractivity contribution in [3.63, 3.8) is 0 Å². The van der Waals surface area contributed by atoms with Crippen molar-refractivity contribution in [1.82, 2.24) is 4.98 Å². The van der Waals surface area contributed by atoms with Crippen LogP contribution in [0.15, 0.2) is 42.6 Å². The van der Waals surface area contributed by atoms with E-state index in [4.69, 9.17) is 22.1 Å². The van der Waals surface area contributed by atoms with E-state index in [1.165, 1.54) is 0 Å². The van der Waals surface area contributed by atoms with Crippen molar-refractivity contribution in [3.8, 4) is 5.75 Å². The molecule has 2 N–H and O–H groups in total. The Labute approximate surface area is 105 Å². The van der Waals surface area contributed by atoms with E-state index in [1.807, 2.05) is 36.4 Å². The van der Waals surface area contributed by atoms with Gasteiger partial charge in [0.05, 0.1) is 13.2 Å². The molecule has 2 rings (SSSR count). The fourth-order valence-electron chi connectivity index (χ4n) is 1.64. The van der Waals surface area contributed by atoms with E-state index in [0.717, 1.165) is 11.3 Å². The molecule has 1 aromatic carbocycles. The largest absolute Gasteiger partial charge is 0.495 e. The topological polar surface area (TPSA) is 48.1 Å². The van der Waals surface area contributed by atoms with Crippen LogP contribution in [-0.2, 0) is 0 Å². The second-order valence-corrected chi connectivity index (χ2v) is 4.06. The number of methoxy groups -OCH3 is 1. The lowest BCUT2D eigenvalue weighted by Gasteiger charge is -2.14. The minimum absolute atomic E-state index is 0.316. The van der Waals surface area contributed by atoms with Crippen molar-refractivity contribution in [2.24, 2.45) is 5.73 Å². The molecule has 1 heterocycles. The Balaban J connectivity index is 2.36. The molecule has 1 unspecified atom stereocenters. The van der Waals surface area contributed by atoms with Crippen LogP contribution in [0.3, 0.4) is 0 Å². The normalized spacial score (nSPS) is 12.2. The summed E-state index contributed by atoms with van der Waals surface area (Å²) in [6, 6.07) is 10.7. The van der Waals surface area contributed by atoms with Gasteiger partial charge in [-0.2, -0.15) is 0 Å². The van der Waals surface area contributed by atoms with E-state index in [0.29, 0.717) is 10.8 Å². The summed E-state index contributed by atoms with van der Waals surface area (Å²) in [4.78, 5) is 4.27. The molecule has 0 aliphatic carbocycles. The molecule has 1 aromatic heterocycles. The fraction of sp³-hybridized carbons (Fsp3) is 0.154. The molecule has 4 heteroatoms. The zero-order valence-corrected chi connectivity index (χ0v) is 10.2. The number of hydrogen-bond donors (Lipinski definition) is 1. The molecular weight excluding hydrogens is 236 g/mol. The van der Waals surface area contributed by atoms with Crippen LogP contribution < -0.4 is 10.5 Å². The number of aromatic nitrogens is 1. The van der Waals surface area contributed by atoms with Gasteiger partial charge in [0.2, 0.25) is 0 Å². The predicted molar refractivity (Wildman–Crippen MR) is 68.3 cm³/mol. The maximum Gasteiger partial charge on any atom is 0.142 e. The number of ether oxygens (including phenoxy) is 1. The monoisotopic (exact) mass is 248 g/mol. The van der Waals surface area contributed by atoms with Crippen LogP contribution in [0.5, 0.6) is 5.75 Å². The van der Waals surface area contributed by atoms with Gasteiger partial charge in [0.25, 0.3) is 0 Å². The highest BCUT2D eigenvalue weighted by Gasteiger charge is 2.14. The van der Waals surface area contributed by atoms with Crippen molar-refractivity contribution in [2.75, 3.05) is 7.11 Å². The zero-order valence-electron chi connectivity index (χ0n) is 9.43. The van der Waals surface area contributed by atoms with E-state index < -0.39 is 0 Å². The predicted octanol–water partition coefficient (Wildman–Crippen LogP) is 2.79. The Morgan fingerprint density at radius 1 is 1.24 bits per heavy atom. The molecule has 0 saturated heterocycles. The van der Waals surface area contributed by atoms with Gasteiger partial charge in [-0.05, 0) is 29.8 Å². The van der Waals surface area contributed by atoms with Crippen LogP contribution in [0.1, 0.15) is 17.3 Å². The Kier molecular flexibility index (Phi) is 3.61. The molecule has 2 aromatic rings. The highest BCUT2D eigenvalue weighted by Crippen LogP contribution is 2.26. The summed E-state index contributed by atoms with van der Waals surface area (Å²) < 4.78 is 5.24. The van der Waals surface area contributed by atoms with Gasteiger partial charge in [-0.25, -0.2) is 0 Å². The molecule has 0 radical (unpaired) electrons. The first-order chi connectivity index (χ1) is 8.22. The fourth-order valence-corrected chi connectivity index (χ4v) is 1.76.